The first-order valence-corrected chi connectivity index (χ1v) is 11.6. The monoisotopic (exact) mass is 566 g/mol. The largest absolute Gasteiger partial charge is 0.497 e. The number of methoxy groups -OCH3 is 2. The van der Waals surface area contributed by atoms with E-state index in [1.165, 1.54) is 17.8 Å². The van der Waals surface area contributed by atoms with Crippen LogP contribution < -0.4 is 19.6 Å². The Hall–Kier alpha value is -3.59. The minimum atomic E-state index is -0.380. The standard InChI is InChI=1S/C27H23IN2O4/c1-32-22-13-20(14-23(15-22)33-2)27(31)30-29-16-25-24-6-4-3-5-19(24)9-12-26(25)34-17-18-7-10-21(28)11-8-18/h3-16H,17H2,1-2H3,(H,30,31)/b29-16-. The number of nitrogens with one attached hydrogen (secondary N) is 1. The lowest BCUT2D eigenvalue weighted by Gasteiger charge is -2.12. The van der Waals surface area contributed by atoms with E-state index in [4.69, 9.17) is 14.2 Å². The summed E-state index contributed by atoms with van der Waals surface area (Å²) < 4.78 is 17.8. The molecule has 0 spiro atoms. The quantitative estimate of drug-likeness (QED) is 0.166. The molecule has 0 aliphatic carbocycles. The molecule has 34 heavy (non-hydrogen) atoms. The topological polar surface area (TPSA) is 69.2 Å². The van der Waals surface area contributed by atoms with E-state index in [9.17, 15) is 4.79 Å². The summed E-state index contributed by atoms with van der Waals surface area (Å²) >= 11 is 2.28. The highest BCUT2D eigenvalue weighted by Gasteiger charge is 2.11. The molecule has 0 saturated heterocycles. The maximum Gasteiger partial charge on any atom is 0.271 e. The highest BCUT2D eigenvalue weighted by atomic mass is 127. The van der Waals surface area contributed by atoms with Crippen LogP contribution in [0.4, 0.5) is 0 Å². The van der Waals surface area contributed by atoms with Crippen LogP contribution in [0.15, 0.2) is 84.0 Å². The second kappa shape index (κ2) is 11.0. The van der Waals surface area contributed by atoms with Gasteiger partial charge in [-0.15, -0.1) is 0 Å². The van der Waals surface area contributed by atoms with Crippen molar-refractivity contribution >= 4 is 45.5 Å². The zero-order valence-electron chi connectivity index (χ0n) is 18.7. The predicted octanol–water partition coefficient (Wildman–Crippen LogP) is 5.80. The van der Waals surface area contributed by atoms with Gasteiger partial charge in [0.1, 0.15) is 23.9 Å². The smallest absolute Gasteiger partial charge is 0.271 e. The molecule has 0 radical (unpaired) electrons. The van der Waals surface area contributed by atoms with Crippen molar-refractivity contribution < 1.29 is 19.0 Å². The molecule has 7 heteroatoms. The van der Waals surface area contributed by atoms with Crippen LogP contribution in [0.1, 0.15) is 21.5 Å². The maximum atomic E-state index is 12.7. The summed E-state index contributed by atoms with van der Waals surface area (Å²) in [6, 6.07) is 25.0. The number of fused-ring (bicyclic) bond motifs is 1. The van der Waals surface area contributed by atoms with Gasteiger partial charge in [-0.1, -0.05) is 42.5 Å². The van der Waals surface area contributed by atoms with Crippen LogP contribution in [0.2, 0.25) is 0 Å². The fourth-order valence-corrected chi connectivity index (χ4v) is 3.79. The summed E-state index contributed by atoms with van der Waals surface area (Å²) in [6.45, 7) is 0.423. The molecule has 0 aliphatic heterocycles. The number of halogens is 1. The van der Waals surface area contributed by atoms with Crippen LogP contribution in [0.25, 0.3) is 10.8 Å². The maximum absolute atomic E-state index is 12.7. The number of nitrogens with zero attached hydrogens (tertiary/aromatic N) is 1. The average molecular weight is 566 g/mol. The number of amides is 1. The van der Waals surface area contributed by atoms with Gasteiger partial charge in [-0.05, 0) is 69.3 Å². The van der Waals surface area contributed by atoms with Gasteiger partial charge < -0.3 is 14.2 Å². The Labute approximate surface area is 211 Å². The molecule has 1 N–H and O–H groups in total. The van der Waals surface area contributed by atoms with Gasteiger partial charge in [-0.2, -0.15) is 5.10 Å². The third-order valence-electron chi connectivity index (χ3n) is 5.21. The molecule has 0 atom stereocenters. The first-order chi connectivity index (χ1) is 16.6. The Morgan fingerprint density at radius 1 is 0.941 bits per heavy atom. The molecule has 0 aliphatic rings. The number of benzene rings is 4. The van der Waals surface area contributed by atoms with Crippen LogP contribution in [0, 0.1) is 3.57 Å². The Kier molecular flexibility index (Phi) is 7.64. The van der Waals surface area contributed by atoms with Crippen molar-refractivity contribution in [2.45, 2.75) is 6.61 Å². The second-order valence-corrected chi connectivity index (χ2v) is 8.66. The van der Waals surface area contributed by atoms with Gasteiger partial charge in [0.05, 0.1) is 20.4 Å². The molecule has 0 bridgehead atoms. The van der Waals surface area contributed by atoms with E-state index in [-0.39, 0.29) is 5.91 Å². The summed E-state index contributed by atoms with van der Waals surface area (Å²) in [4.78, 5) is 12.7. The van der Waals surface area contributed by atoms with E-state index < -0.39 is 0 Å². The molecule has 0 saturated carbocycles. The molecule has 0 fully saturated rings. The van der Waals surface area contributed by atoms with E-state index in [1.807, 2.05) is 60.7 Å². The Balaban J connectivity index is 1.58. The molecule has 4 rings (SSSR count). The van der Waals surface area contributed by atoms with Crippen LogP contribution in [-0.2, 0) is 6.61 Å². The number of rotatable bonds is 8. The van der Waals surface area contributed by atoms with E-state index in [0.29, 0.717) is 29.4 Å². The Morgan fingerprint density at radius 3 is 2.35 bits per heavy atom. The molecule has 172 valence electrons. The predicted molar refractivity (Wildman–Crippen MR) is 142 cm³/mol. The average Bonchev–Trinajstić information content (AvgIpc) is 2.88. The van der Waals surface area contributed by atoms with Crippen molar-refractivity contribution in [3.63, 3.8) is 0 Å². The van der Waals surface area contributed by atoms with Gasteiger partial charge in [0.25, 0.3) is 5.91 Å². The van der Waals surface area contributed by atoms with Crippen molar-refractivity contribution in [3.8, 4) is 17.2 Å². The summed E-state index contributed by atoms with van der Waals surface area (Å²) in [5, 5.41) is 6.25. The number of hydrogen-bond donors (Lipinski definition) is 1. The summed E-state index contributed by atoms with van der Waals surface area (Å²) in [7, 11) is 3.07. The number of carbonyl (C=O) groups is 1. The van der Waals surface area contributed by atoms with E-state index >= 15 is 0 Å². The fourth-order valence-electron chi connectivity index (χ4n) is 3.43. The normalized spacial score (nSPS) is 10.9. The minimum absolute atomic E-state index is 0.376. The van der Waals surface area contributed by atoms with Crippen molar-refractivity contribution in [1.29, 1.82) is 0 Å². The number of carbonyl (C=O) groups excluding carboxylic acids is 1. The molecule has 4 aromatic carbocycles. The Morgan fingerprint density at radius 2 is 1.65 bits per heavy atom. The highest BCUT2D eigenvalue weighted by Crippen LogP contribution is 2.28. The molecular weight excluding hydrogens is 543 g/mol. The number of ether oxygens (including phenoxy) is 3. The lowest BCUT2D eigenvalue weighted by Crippen LogP contribution is -2.18. The summed E-state index contributed by atoms with van der Waals surface area (Å²) in [5.74, 6) is 1.34. The van der Waals surface area contributed by atoms with E-state index in [2.05, 4.69) is 33.1 Å². The molecule has 6 nitrogen and oxygen atoms in total. The third-order valence-corrected chi connectivity index (χ3v) is 5.93. The molecule has 4 aromatic rings. The van der Waals surface area contributed by atoms with Crippen molar-refractivity contribution in [2.75, 3.05) is 14.2 Å². The first kappa shape index (κ1) is 23.6. The molecule has 0 heterocycles. The highest BCUT2D eigenvalue weighted by molar-refractivity contribution is 14.1. The third kappa shape index (κ3) is 5.66. The van der Waals surface area contributed by atoms with Crippen molar-refractivity contribution in [2.24, 2.45) is 5.10 Å². The fraction of sp³-hybridized carbons (Fsp3) is 0.111. The first-order valence-electron chi connectivity index (χ1n) is 10.5. The van der Waals surface area contributed by atoms with Gasteiger partial charge in [-0.3, -0.25) is 4.79 Å². The number of hydrogen-bond acceptors (Lipinski definition) is 5. The van der Waals surface area contributed by atoms with E-state index in [0.717, 1.165) is 21.9 Å². The second-order valence-electron chi connectivity index (χ2n) is 7.41. The van der Waals surface area contributed by atoms with Gasteiger partial charge in [0.15, 0.2) is 0 Å². The minimum Gasteiger partial charge on any atom is -0.497 e. The van der Waals surface area contributed by atoms with E-state index in [1.54, 1.807) is 24.4 Å². The molecule has 0 aromatic heterocycles. The zero-order chi connectivity index (χ0) is 23.9. The van der Waals surface area contributed by atoms with Gasteiger partial charge >= 0.3 is 0 Å². The lowest BCUT2D eigenvalue weighted by atomic mass is 10.0. The SMILES string of the molecule is COc1cc(OC)cc(C(=O)N/N=C\c2c(OCc3ccc(I)cc3)ccc3ccccc23)c1. The van der Waals surface area contributed by atoms with Crippen LogP contribution in [0.3, 0.4) is 0 Å². The summed E-state index contributed by atoms with van der Waals surface area (Å²) in [6.07, 6.45) is 1.61. The van der Waals surface area contributed by atoms with Crippen LogP contribution in [-0.4, -0.2) is 26.3 Å². The molecule has 0 unspecified atom stereocenters. The number of hydrazone groups is 1. The van der Waals surface area contributed by atoms with Crippen LogP contribution >= 0.6 is 22.6 Å². The van der Waals surface area contributed by atoms with Gasteiger partial charge in [0.2, 0.25) is 0 Å². The van der Waals surface area contributed by atoms with Crippen LogP contribution in [0.5, 0.6) is 17.2 Å². The Bertz CT molecular complexity index is 1310. The molecular formula is C27H23IN2O4. The summed E-state index contributed by atoms with van der Waals surface area (Å²) in [5.41, 5.74) is 4.81. The van der Waals surface area contributed by atoms with Gasteiger partial charge in [-0.25, -0.2) is 5.43 Å². The lowest BCUT2D eigenvalue weighted by molar-refractivity contribution is 0.0954. The molecule has 1 amide bonds. The van der Waals surface area contributed by atoms with Crippen molar-refractivity contribution in [3.05, 3.63) is 99.1 Å². The zero-order valence-corrected chi connectivity index (χ0v) is 20.9. The van der Waals surface area contributed by atoms with Gasteiger partial charge in [0, 0.05) is 20.8 Å². The van der Waals surface area contributed by atoms with Crippen molar-refractivity contribution in [1.82, 2.24) is 5.43 Å².